The van der Waals surface area contributed by atoms with Crippen LogP contribution in [-0.2, 0) is 11.3 Å². The van der Waals surface area contributed by atoms with Gasteiger partial charge in [-0.1, -0.05) is 52.7 Å². The van der Waals surface area contributed by atoms with Gasteiger partial charge in [0.05, 0.1) is 6.54 Å². The number of aryl methyl sites for hydroxylation is 2. The third-order valence-corrected chi connectivity index (χ3v) is 4.85. The van der Waals surface area contributed by atoms with Crippen LogP contribution in [-0.4, -0.2) is 21.8 Å². The van der Waals surface area contributed by atoms with Crippen LogP contribution in [0.4, 0.5) is 0 Å². The number of hydrogen-bond acceptors (Lipinski definition) is 5. The van der Waals surface area contributed by atoms with Gasteiger partial charge in [-0.3, -0.25) is 4.79 Å². The SMILES string of the molecule is Cc1ccc(SCCC(=O)NCc2nc(-c3ccc(C)cc3)no2)cc1. The lowest BCUT2D eigenvalue weighted by Crippen LogP contribution is -2.23. The molecule has 0 atom stereocenters. The molecule has 1 aromatic heterocycles. The minimum Gasteiger partial charge on any atom is -0.347 e. The maximum absolute atomic E-state index is 12.0. The molecule has 0 aliphatic rings. The standard InChI is InChI=1S/C20H21N3O2S/c1-14-3-7-16(8-4-14)20-22-19(25-23-20)13-21-18(24)11-12-26-17-9-5-15(2)6-10-17/h3-10H,11-13H2,1-2H3,(H,21,24). The number of carbonyl (C=O) groups excluding carboxylic acids is 1. The zero-order chi connectivity index (χ0) is 18.4. The van der Waals surface area contributed by atoms with E-state index in [2.05, 4.69) is 46.6 Å². The van der Waals surface area contributed by atoms with E-state index in [9.17, 15) is 4.79 Å². The van der Waals surface area contributed by atoms with E-state index < -0.39 is 0 Å². The Morgan fingerprint density at radius 1 is 1.04 bits per heavy atom. The molecule has 0 bridgehead atoms. The van der Waals surface area contributed by atoms with E-state index in [1.54, 1.807) is 11.8 Å². The number of aromatic nitrogens is 2. The van der Waals surface area contributed by atoms with Crippen molar-refractivity contribution in [1.82, 2.24) is 15.5 Å². The van der Waals surface area contributed by atoms with Crippen LogP contribution in [0.15, 0.2) is 57.9 Å². The average Bonchev–Trinajstić information content (AvgIpc) is 3.11. The number of rotatable bonds is 7. The van der Waals surface area contributed by atoms with Crippen LogP contribution in [0.3, 0.4) is 0 Å². The maximum atomic E-state index is 12.0. The third-order valence-electron chi connectivity index (χ3n) is 3.83. The Balaban J connectivity index is 1.43. The van der Waals surface area contributed by atoms with E-state index >= 15 is 0 Å². The molecule has 0 unspecified atom stereocenters. The number of nitrogens with one attached hydrogen (secondary N) is 1. The molecule has 5 nitrogen and oxygen atoms in total. The summed E-state index contributed by atoms with van der Waals surface area (Å²) < 4.78 is 5.20. The van der Waals surface area contributed by atoms with E-state index in [1.807, 2.05) is 31.2 Å². The first-order valence-corrected chi connectivity index (χ1v) is 9.44. The first kappa shape index (κ1) is 18.2. The Kier molecular flexibility index (Phi) is 6.07. The van der Waals surface area contributed by atoms with Crippen molar-refractivity contribution in [2.75, 3.05) is 5.75 Å². The Morgan fingerprint density at radius 2 is 1.69 bits per heavy atom. The van der Waals surface area contributed by atoms with Crippen LogP contribution in [0.2, 0.25) is 0 Å². The van der Waals surface area contributed by atoms with Crippen LogP contribution in [0.1, 0.15) is 23.4 Å². The van der Waals surface area contributed by atoms with Gasteiger partial charge in [-0.25, -0.2) is 0 Å². The molecule has 1 heterocycles. The van der Waals surface area contributed by atoms with Gasteiger partial charge in [0.15, 0.2) is 0 Å². The summed E-state index contributed by atoms with van der Waals surface area (Å²) >= 11 is 1.67. The van der Waals surface area contributed by atoms with Crippen LogP contribution >= 0.6 is 11.8 Å². The monoisotopic (exact) mass is 367 g/mol. The quantitative estimate of drug-likeness (QED) is 0.635. The molecule has 3 aromatic rings. The molecule has 26 heavy (non-hydrogen) atoms. The molecule has 0 aliphatic heterocycles. The van der Waals surface area contributed by atoms with E-state index in [0.29, 0.717) is 18.1 Å². The highest BCUT2D eigenvalue weighted by molar-refractivity contribution is 7.99. The Hall–Kier alpha value is -2.60. The van der Waals surface area contributed by atoms with Crippen molar-refractivity contribution in [2.45, 2.75) is 31.7 Å². The molecule has 0 saturated heterocycles. The molecular weight excluding hydrogens is 346 g/mol. The van der Waals surface area contributed by atoms with E-state index in [0.717, 1.165) is 11.3 Å². The number of nitrogens with zero attached hydrogens (tertiary/aromatic N) is 2. The van der Waals surface area contributed by atoms with Crippen molar-refractivity contribution in [3.05, 3.63) is 65.5 Å². The van der Waals surface area contributed by atoms with Crippen molar-refractivity contribution in [3.8, 4) is 11.4 Å². The lowest BCUT2D eigenvalue weighted by atomic mass is 10.1. The minimum absolute atomic E-state index is 0.0281. The average molecular weight is 367 g/mol. The topological polar surface area (TPSA) is 68.0 Å². The summed E-state index contributed by atoms with van der Waals surface area (Å²) in [6.07, 6.45) is 0.442. The van der Waals surface area contributed by atoms with Gasteiger partial charge in [0.25, 0.3) is 0 Å². The highest BCUT2D eigenvalue weighted by Crippen LogP contribution is 2.19. The van der Waals surface area contributed by atoms with Crippen LogP contribution in [0.25, 0.3) is 11.4 Å². The van der Waals surface area contributed by atoms with Gasteiger partial charge in [-0.05, 0) is 26.0 Å². The minimum atomic E-state index is -0.0281. The molecule has 134 valence electrons. The van der Waals surface area contributed by atoms with E-state index in [-0.39, 0.29) is 12.5 Å². The highest BCUT2D eigenvalue weighted by Gasteiger charge is 2.10. The second-order valence-electron chi connectivity index (χ2n) is 6.07. The summed E-state index contributed by atoms with van der Waals surface area (Å²) in [4.78, 5) is 17.5. The summed E-state index contributed by atoms with van der Waals surface area (Å²) in [5.41, 5.74) is 3.30. The summed E-state index contributed by atoms with van der Waals surface area (Å²) in [6, 6.07) is 16.2. The number of hydrogen-bond donors (Lipinski definition) is 1. The summed E-state index contributed by atoms with van der Waals surface area (Å²) in [5.74, 6) is 1.64. The number of carbonyl (C=O) groups is 1. The number of amides is 1. The largest absolute Gasteiger partial charge is 0.347 e. The highest BCUT2D eigenvalue weighted by atomic mass is 32.2. The molecule has 0 saturated carbocycles. The Labute approximate surface area is 157 Å². The van der Waals surface area contributed by atoms with Crippen molar-refractivity contribution in [1.29, 1.82) is 0 Å². The summed E-state index contributed by atoms with van der Waals surface area (Å²) in [6.45, 7) is 4.33. The van der Waals surface area contributed by atoms with Crippen molar-refractivity contribution < 1.29 is 9.32 Å². The lowest BCUT2D eigenvalue weighted by Gasteiger charge is -2.03. The van der Waals surface area contributed by atoms with Gasteiger partial charge in [-0.15, -0.1) is 11.8 Å². The predicted molar refractivity (Wildman–Crippen MR) is 103 cm³/mol. The molecule has 1 amide bonds. The molecule has 6 heteroatoms. The van der Waals surface area contributed by atoms with E-state index in [1.165, 1.54) is 16.0 Å². The summed E-state index contributed by atoms with van der Waals surface area (Å²) in [5, 5.41) is 6.78. The second-order valence-corrected chi connectivity index (χ2v) is 7.23. The molecular formula is C20H21N3O2S. The fourth-order valence-corrected chi connectivity index (χ4v) is 3.16. The number of benzene rings is 2. The van der Waals surface area contributed by atoms with Crippen LogP contribution in [0.5, 0.6) is 0 Å². The van der Waals surface area contributed by atoms with E-state index in [4.69, 9.17) is 4.52 Å². The fraction of sp³-hybridized carbons (Fsp3) is 0.250. The second kappa shape index (κ2) is 8.67. The first-order valence-electron chi connectivity index (χ1n) is 8.46. The number of thioether (sulfide) groups is 1. The fourth-order valence-electron chi connectivity index (χ4n) is 2.31. The van der Waals surface area contributed by atoms with Crippen molar-refractivity contribution in [3.63, 3.8) is 0 Å². The van der Waals surface area contributed by atoms with Crippen LogP contribution < -0.4 is 5.32 Å². The van der Waals surface area contributed by atoms with Crippen LogP contribution in [0, 0.1) is 13.8 Å². The smallest absolute Gasteiger partial charge is 0.246 e. The van der Waals surface area contributed by atoms with Gasteiger partial charge in [0.1, 0.15) is 0 Å². The van der Waals surface area contributed by atoms with Gasteiger partial charge >= 0.3 is 0 Å². The Bertz CT molecular complexity index is 858. The zero-order valence-electron chi connectivity index (χ0n) is 14.9. The molecule has 2 aromatic carbocycles. The van der Waals surface area contributed by atoms with Gasteiger partial charge < -0.3 is 9.84 Å². The molecule has 0 aliphatic carbocycles. The van der Waals surface area contributed by atoms with Crippen molar-refractivity contribution in [2.24, 2.45) is 0 Å². The zero-order valence-corrected chi connectivity index (χ0v) is 15.7. The third kappa shape index (κ3) is 5.20. The molecule has 0 radical (unpaired) electrons. The molecule has 3 rings (SSSR count). The normalized spacial score (nSPS) is 10.7. The van der Waals surface area contributed by atoms with Gasteiger partial charge in [0.2, 0.25) is 17.6 Å². The lowest BCUT2D eigenvalue weighted by molar-refractivity contribution is -0.120. The molecule has 0 fully saturated rings. The molecule has 1 N–H and O–H groups in total. The van der Waals surface area contributed by atoms with Gasteiger partial charge in [0, 0.05) is 22.6 Å². The Morgan fingerprint density at radius 3 is 2.38 bits per heavy atom. The summed E-state index contributed by atoms with van der Waals surface area (Å²) in [7, 11) is 0. The first-order chi connectivity index (χ1) is 12.6. The predicted octanol–water partition coefficient (Wildman–Crippen LogP) is 4.15. The molecule has 0 spiro atoms. The van der Waals surface area contributed by atoms with Gasteiger partial charge in [-0.2, -0.15) is 4.98 Å². The van der Waals surface area contributed by atoms with Crippen molar-refractivity contribution >= 4 is 17.7 Å². The maximum Gasteiger partial charge on any atom is 0.246 e.